The Hall–Kier alpha value is -0.660. The summed E-state index contributed by atoms with van der Waals surface area (Å²) < 4.78 is 0. The molecule has 0 N–H and O–H groups in total. The fraction of sp³-hybridized carbons (Fsp3) is 0.308. The van der Waals surface area contributed by atoms with E-state index < -0.39 is 20.8 Å². The number of aryl methyl sites for hydroxylation is 6. The van der Waals surface area contributed by atoms with Crippen molar-refractivity contribution >= 4 is 48.1 Å². The minimum absolute atomic E-state index is 0.826. The monoisotopic (exact) mass is 532 g/mol. The number of benzene rings is 2. The molecule has 30 heavy (non-hydrogen) atoms. The van der Waals surface area contributed by atoms with Crippen LogP contribution in [0, 0.1) is 41.5 Å². The number of halogens is 2. The maximum absolute atomic E-state index is 4.93. The molecule has 4 heteroatoms. The van der Waals surface area contributed by atoms with E-state index in [1.54, 1.807) is 0 Å². The van der Waals surface area contributed by atoms with Crippen LogP contribution in [0.5, 0.6) is 0 Å². The van der Waals surface area contributed by atoms with Crippen LogP contribution >= 0.6 is 17.0 Å². The van der Waals surface area contributed by atoms with E-state index in [0.717, 1.165) is 9.52 Å². The van der Waals surface area contributed by atoms with Crippen molar-refractivity contribution in [2.75, 3.05) is 0 Å². The van der Waals surface area contributed by atoms with Gasteiger partial charge < -0.3 is 0 Å². The van der Waals surface area contributed by atoms with Gasteiger partial charge in [-0.3, -0.25) is 0 Å². The van der Waals surface area contributed by atoms with Gasteiger partial charge in [0.2, 0.25) is 0 Å². The molecule has 0 heterocycles. The number of hydrogen-bond donors (Lipinski definition) is 0. The predicted molar refractivity (Wildman–Crippen MR) is 137 cm³/mol. The first-order valence-corrected chi connectivity index (χ1v) is 18.3. The third-order valence-corrected chi connectivity index (χ3v) is 4.93. The van der Waals surface area contributed by atoms with Gasteiger partial charge in [-0.25, -0.2) is 0 Å². The van der Waals surface area contributed by atoms with E-state index in [1.165, 1.54) is 54.9 Å². The molecule has 2 radical (unpaired) electrons. The molecule has 4 aromatic carbocycles. The van der Waals surface area contributed by atoms with Crippen molar-refractivity contribution in [3.63, 3.8) is 0 Å². The minimum atomic E-state index is -0.826. The zero-order valence-corrected chi connectivity index (χ0v) is 24.3. The second kappa shape index (κ2) is 13.7. The standard InChI is InChI=1S/2C12H13.C2H6Si.2ClH.Zr/c2*1-8-4-11-6-9(2)10(3)7-12(11)5-8;1-3-2;;;/h2*4-7H,1-3H3;1-2H3;2*1H;/q2*-1;;;;+4/p-2. The summed E-state index contributed by atoms with van der Waals surface area (Å²) in [5.74, 6) is 0. The van der Waals surface area contributed by atoms with Gasteiger partial charge in [-0.1, -0.05) is 49.2 Å². The van der Waals surface area contributed by atoms with E-state index >= 15 is 0 Å². The topological polar surface area (TPSA) is 0 Å². The van der Waals surface area contributed by atoms with Gasteiger partial charge in [0.25, 0.3) is 0 Å². The van der Waals surface area contributed by atoms with E-state index in [0.29, 0.717) is 0 Å². The molecular weight excluding hydrogens is 503 g/mol. The van der Waals surface area contributed by atoms with E-state index in [9.17, 15) is 0 Å². The first-order chi connectivity index (χ1) is 14.2. The normalized spacial score (nSPS) is 9.67. The molecular formula is C26H32Cl2SiZr. The molecule has 0 atom stereocenters. The van der Waals surface area contributed by atoms with Crippen LogP contribution in [0.15, 0.2) is 48.5 Å². The van der Waals surface area contributed by atoms with Crippen molar-refractivity contribution in [2.45, 2.75) is 54.6 Å². The third kappa shape index (κ3) is 8.46. The van der Waals surface area contributed by atoms with Crippen LogP contribution in [0.3, 0.4) is 0 Å². The van der Waals surface area contributed by atoms with Crippen molar-refractivity contribution in [3.05, 3.63) is 81.9 Å². The van der Waals surface area contributed by atoms with E-state index in [1.807, 2.05) is 0 Å². The first kappa shape index (κ1) is 27.4. The van der Waals surface area contributed by atoms with Crippen LogP contribution in [-0.4, -0.2) is 9.52 Å². The Balaban J connectivity index is 0.000000239. The quantitative estimate of drug-likeness (QED) is 0.156. The Morgan fingerprint density at radius 3 is 1.17 bits per heavy atom. The molecule has 4 rings (SSSR count). The van der Waals surface area contributed by atoms with Gasteiger partial charge in [0, 0.05) is 9.52 Å². The molecule has 4 aromatic rings. The molecule has 0 unspecified atom stereocenters. The second-order valence-electron chi connectivity index (χ2n) is 7.77. The molecule has 0 aliphatic rings. The summed E-state index contributed by atoms with van der Waals surface area (Å²) in [5, 5.41) is 5.48. The average Bonchev–Trinajstić information content (AvgIpc) is 3.18. The van der Waals surface area contributed by atoms with Crippen LogP contribution in [0.1, 0.15) is 33.4 Å². The van der Waals surface area contributed by atoms with Gasteiger partial charge in [0.15, 0.2) is 0 Å². The van der Waals surface area contributed by atoms with Crippen LogP contribution in [0.25, 0.3) is 21.5 Å². The van der Waals surface area contributed by atoms with Crippen LogP contribution in [0.4, 0.5) is 0 Å². The maximum atomic E-state index is 4.93. The van der Waals surface area contributed by atoms with E-state index in [4.69, 9.17) is 17.0 Å². The third-order valence-electron chi connectivity index (χ3n) is 4.93. The molecule has 0 fully saturated rings. The zero-order valence-electron chi connectivity index (χ0n) is 19.4. The van der Waals surface area contributed by atoms with Crippen molar-refractivity contribution in [2.24, 2.45) is 0 Å². The molecule has 0 saturated heterocycles. The summed E-state index contributed by atoms with van der Waals surface area (Å²) in [6.45, 7) is 17.2. The number of rotatable bonds is 0. The molecule has 0 amide bonds. The number of hydrogen-bond acceptors (Lipinski definition) is 0. The molecule has 0 aliphatic heterocycles. The zero-order chi connectivity index (χ0) is 22.8. The van der Waals surface area contributed by atoms with E-state index in [-0.39, 0.29) is 0 Å². The Kier molecular flexibility index (Phi) is 12.5. The second-order valence-corrected chi connectivity index (χ2v) is 12.5. The van der Waals surface area contributed by atoms with Gasteiger partial charge in [-0.2, -0.15) is 12.1 Å². The first-order valence-electron chi connectivity index (χ1n) is 10.00. The Morgan fingerprint density at radius 1 is 0.600 bits per heavy atom. The van der Waals surface area contributed by atoms with Crippen LogP contribution in [-0.2, 0) is 20.8 Å². The van der Waals surface area contributed by atoms with Crippen LogP contribution < -0.4 is 0 Å². The van der Waals surface area contributed by atoms with Gasteiger partial charge in [-0.05, 0) is 27.7 Å². The molecule has 0 spiro atoms. The number of fused-ring (bicyclic) bond motifs is 2. The molecule has 0 aromatic heterocycles. The van der Waals surface area contributed by atoms with Crippen molar-refractivity contribution < 1.29 is 20.8 Å². The predicted octanol–water partition coefficient (Wildman–Crippen LogP) is 9.13. The molecule has 158 valence electrons. The van der Waals surface area contributed by atoms with Gasteiger partial charge in [0.05, 0.1) is 0 Å². The molecule has 0 bridgehead atoms. The van der Waals surface area contributed by atoms with Gasteiger partial charge >= 0.3 is 37.9 Å². The SMILES string of the molecule is C[Si]C.Cc1cc2cc(C)c(C)cc2[cH-]1.Cc1cc2cc(C)c(C)cc2[cH-]1.[Cl][Zr+2][Cl]. The van der Waals surface area contributed by atoms with Crippen molar-refractivity contribution in [3.8, 4) is 0 Å². The molecule has 0 nitrogen and oxygen atoms in total. The Labute approximate surface area is 204 Å². The summed E-state index contributed by atoms with van der Waals surface area (Å²) in [4.78, 5) is 0. The Morgan fingerprint density at radius 2 is 0.867 bits per heavy atom. The van der Waals surface area contributed by atoms with Crippen molar-refractivity contribution in [1.29, 1.82) is 0 Å². The van der Waals surface area contributed by atoms with Crippen molar-refractivity contribution in [1.82, 2.24) is 0 Å². The summed E-state index contributed by atoms with van der Waals surface area (Å²) in [6, 6.07) is 18.0. The summed E-state index contributed by atoms with van der Waals surface area (Å²) in [6.07, 6.45) is 0. The average molecular weight is 535 g/mol. The van der Waals surface area contributed by atoms with Gasteiger partial charge in [0.1, 0.15) is 0 Å². The summed E-state index contributed by atoms with van der Waals surface area (Å²) in [7, 11) is 11.0. The summed E-state index contributed by atoms with van der Waals surface area (Å²) in [5.41, 5.74) is 8.24. The van der Waals surface area contributed by atoms with Crippen LogP contribution in [0.2, 0.25) is 13.1 Å². The van der Waals surface area contributed by atoms with Gasteiger partial charge in [-0.15, -0.1) is 69.1 Å². The summed E-state index contributed by atoms with van der Waals surface area (Å²) >= 11 is -0.826. The van der Waals surface area contributed by atoms with E-state index in [2.05, 4.69) is 103 Å². The fourth-order valence-corrected chi connectivity index (χ4v) is 3.29. The molecule has 0 aliphatic carbocycles. The molecule has 0 saturated carbocycles. The fourth-order valence-electron chi connectivity index (χ4n) is 3.29. The Bertz CT molecular complexity index is 896.